The Bertz CT molecular complexity index is 389. The van der Waals surface area contributed by atoms with Gasteiger partial charge in [-0.2, -0.15) is 0 Å². The van der Waals surface area contributed by atoms with Crippen molar-refractivity contribution >= 4 is 17.6 Å². The summed E-state index contributed by atoms with van der Waals surface area (Å²) < 4.78 is 15.8. The Morgan fingerprint density at radius 2 is 1.41 bits per heavy atom. The van der Waals surface area contributed by atoms with Crippen LogP contribution in [0.15, 0.2) is 12.2 Å². The van der Waals surface area contributed by atoms with Crippen molar-refractivity contribution in [2.24, 2.45) is 0 Å². The maximum Gasteiger partial charge on any atom is 0.253 e. The van der Waals surface area contributed by atoms with Gasteiger partial charge in [0.2, 0.25) is 0 Å². The van der Waals surface area contributed by atoms with E-state index in [1.807, 2.05) is 6.92 Å². The first kappa shape index (κ1) is 18.5. The lowest BCUT2D eigenvalue weighted by Crippen LogP contribution is -2.33. The number of hydrogen-bond donors (Lipinski definition) is 0. The molecule has 1 rings (SSSR count). The van der Waals surface area contributed by atoms with E-state index >= 15 is 0 Å². The molecule has 0 aromatic heterocycles. The lowest BCUT2D eigenvalue weighted by molar-refractivity contribution is -0.137. The number of hydrogen-bond acceptors (Lipinski definition) is 6. The van der Waals surface area contributed by atoms with Crippen LogP contribution in [0, 0.1) is 0 Å². The fourth-order valence-corrected chi connectivity index (χ4v) is 1.71. The average molecular weight is 313 g/mol. The van der Waals surface area contributed by atoms with Gasteiger partial charge in [-0.05, 0) is 0 Å². The first-order chi connectivity index (χ1) is 10.6. The standard InChI is InChI=1S/C15H23NO6/c1-2-13(17)5-7-20-9-11-22-12-10-21-8-6-16-14(18)3-4-15(16)19/h3-4H,2,5-12H2,1H3. The van der Waals surface area contributed by atoms with Crippen LogP contribution >= 0.6 is 0 Å². The normalized spacial score (nSPS) is 14.1. The molecule has 1 heterocycles. The van der Waals surface area contributed by atoms with Crippen molar-refractivity contribution in [3.8, 4) is 0 Å². The van der Waals surface area contributed by atoms with Crippen LogP contribution in [0.1, 0.15) is 19.8 Å². The predicted molar refractivity (Wildman–Crippen MR) is 78.2 cm³/mol. The van der Waals surface area contributed by atoms with Crippen molar-refractivity contribution in [2.45, 2.75) is 19.8 Å². The number of nitrogens with zero attached hydrogens (tertiary/aromatic N) is 1. The van der Waals surface area contributed by atoms with Gasteiger partial charge in [-0.1, -0.05) is 6.92 Å². The molecule has 124 valence electrons. The van der Waals surface area contributed by atoms with Gasteiger partial charge in [0.1, 0.15) is 5.78 Å². The Balaban J connectivity index is 1.83. The van der Waals surface area contributed by atoms with E-state index in [-0.39, 0.29) is 30.7 Å². The molecule has 0 N–H and O–H groups in total. The zero-order valence-electron chi connectivity index (χ0n) is 12.9. The second-order valence-electron chi connectivity index (χ2n) is 4.64. The third-order valence-corrected chi connectivity index (χ3v) is 3.02. The summed E-state index contributed by atoms with van der Waals surface area (Å²) in [6, 6.07) is 0. The predicted octanol–water partition coefficient (Wildman–Crippen LogP) is 0.330. The molecule has 0 unspecified atom stereocenters. The molecule has 0 aromatic carbocycles. The van der Waals surface area contributed by atoms with Gasteiger partial charge >= 0.3 is 0 Å². The van der Waals surface area contributed by atoms with E-state index in [1.165, 1.54) is 12.2 Å². The summed E-state index contributed by atoms with van der Waals surface area (Å²) in [4.78, 5) is 34.6. The maximum atomic E-state index is 11.2. The number of imide groups is 1. The van der Waals surface area contributed by atoms with Gasteiger partial charge < -0.3 is 14.2 Å². The van der Waals surface area contributed by atoms with Crippen LogP contribution in [0.4, 0.5) is 0 Å². The monoisotopic (exact) mass is 313 g/mol. The first-order valence-corrected chi connectivity index (χ1v) is 7.43. The molecule has 0 aromatic rings. The molecule has 22 heavy (non-hydrogen) atoms. The molecule has 0 saturated heterocycles. The fourth-order valence-electron chi connectivity index (χ4n) is 1.71. The molecule has 0 spiro atoms. The van der Waals surface area contributed by atoms with E-state index < -0.39 is 0 Å². The number of carbonyl (C=O) groups is 3. The Hall–Kier alpha value is -1.57. The summed E-state index contributed by atoms with van der Waals surface area (Å²) in [6.45, 7) is 4.48. The second-order valence-corrected chi connectivity index (χ2v) is 4.64. The van der Waals surface area contributed by atoms with Crippen LogP contribution in [0.5, 0.6) is 0 Å². The number of amides is 2. The Morgan fingerprint density at radius 1 is 0.909 bits per heavy atom. The summed E-state index contributed by atoms with van der Waals surface area (Å²) in [5, 5.41) is 0. The molecule has 0 fully saturated rings. The van der Waals surface area contributed by atoms with Gasteiger partial charge in [-0.25, -0.2) is 0 Å². The second kappa shape index (κ2) is 11.1. The smallest absolute Gasteiger partial charge is 0.253 e. The van der Waals surface area contributed by atoms with Crippen molar-refractivity contribution in [3.63, 3.8) is 0 Å². The van der Waals surface area contributed by atoms with E-state index in [0.717, 1.165) is 4.90 Å². The Labute approximate surface area is 130 Å². The Morgan fingerprint density at radius 3 is 1.95 bits per heavy atom. The van der Waals surface area contributed by atoms with Crippen LogP contribution in [0.2, 0.25) is 0 Å². The van der Waals surface area contributed by atoms with Gasteiger partial charge in [-0.3, -0.25) is 19.3 Å². The molecule has 2 amide bonds. The van der Waals surface area contributed by atoms with Crippen LogP contribution in [0.25, 0.3) is 0 Å². The highest BCUT2D eigenvalue weighted by molar-refractivity contribution is 6.12. The summed E-state index contributed by atoms with van der Waals surface area (Å²) in [7, 11) is 0. The number of ether oxygens (including phenoxy) is 3. The van der Waals surface area contributed by atoms with Crippen molar-refractivity contribution in [1.29, 1.82) is 0 Å². The zero-order chi connectivity index (χ0) is 16.2. The van der Waals surface area contributed by atoms with Crippen LogP contribution in [-0.2, 0) is 28.6 Å². The molecule has 7 heteroatoms. The molecule has 7 nitrogen and oxygen atoms in total. The van der Waals surface area contributed by atoms with Gasteiger partial charge in [-0.15, -0.1) is 0 Å². The van der Waals surface area contributed by atoms with Crippen molar-refractivity contribution < 1.29 is 28.6 Å². The van der Waals surface area contributed by atoms with E-state index in [0.29, 0.717) is 45.9 Å². The molecule has 1 aliphatic heterocycles. The average Bonchev–Trinajstić information content (AvgIpc) is 2.83. The SMILES string of the molecule is CCC(=O)CCOCCOCCOCCN1C(=O)C=CC1=O. The lowest BCUT2D eigenvalue weighted by Gasteiger charge is -2.13. The van der Waals surface area contributed by atoms with Crippen LogP contribution in [-0.4, -0.2) is 68.7 Å². The molecule has 0 aliphatic carbocycles. The summed E-state index contributed by atoms with van der Waals surface area (Å²) in [5.41, 5.74) is 0. The van der Waals surface area contributed by atoms with Crippen LogP contribution < -0.4 is 0 Å². The third-order valence-electron chi connectivity index (χ3n) is 3.02. The zero-order valence-corrected chi connectivity index (χ0v) is 12.9. The molecule has 1 aliphatic rings. The highest BCUT2D eigenvalue weighted by Gasteiger charge is 2.22. The van der Waals surface area contributed by atoms with Crippen molar-refractivity contribution in [1.82, 2.24) is 4.90 Å². The van der Waals surface area contributed by atoms with E-state index in [4.69, 9.17) is 14.2 Å². The largest absolute Gasteiger partial charge is 0.379 e. The van der Waals surface area contributed by atoms with Gasteiger partial charge in [0.05, 0.1) is 46.2 Å². The number of Topliss-reactive ketones (excluding diaryl/α,β-unsaturated/α-hetero) is 1. The van der Waals surface area contributed by atoms with E-state index in [2.05, 4.69) is 0 Å². The summed E-state index contributed by atoms with van der Waals surface area (Å²) >= 11 is 0. The summed E-state index contributed by atoms with van der Waals surface area (Å²) in [5.74, 6) is -0.411. The van der Waals surface area contributed by atoms with E-state index in [1.54, 1.807) is 0 Å². The quantitative estimate of drug-likeness (QED) is 0.360. The highest BCUT2D eigenvalue weighted by Crippen LogP contribution is 2.02. The number of ketones is 1. The molecular formula is C15H23NO6. The molecule has 0 bridgehead atoms. The van der Waals surface area contributed by atoms with Gasteiger partial charge in [0.25, 0.3) is 11.8 Å². The van der Waals surface area contributed by atoms with Crippen LogP contribution in [0.3, 0.4) is 0 Å². The van der Waals surface area contributed by atoms with Gasteiger partial charge in [0.15, 0.2) is 0 Å². The molecular weight excluding hydrogens is 290 g/mol. The van der Waals surface area contributed by atoms with Gasteiger partial charge in [0, 0.05) is 25.0 Å². The minimum Gasteiger partial charge on any atom is -0.379 e. The first-order valence-electron chi connectivity index (χ1n) is 7.43. The molecule has 0 atom stereocenters. The molecule has 0 saturated carbocycles. The summed E-state index contributed by atoms with van der Waals surface area (Å²) in [6.07, 6.45) is 3.49. The maximum absolute atomic E-state index is 11.2. The minimum absolute atomic E-state index is 0.194. The Kier molecular flexibility index (Phi) is 9.29. The lowest BCUT2D eigenvalue weighted by atomic mass is 10.2. The topological polar surface area (TPSA) is 82.1 Å². The minimum atomic E-state index is -0.302. The third kappa shape index (κ3) is 7.44. The number of carbonyl (C=O) groups excluding carboxylic acids is 3. The van der Waals surface area contributed by atoms with Crippen molar-refractivity contribution in [2.75, 3.05) is 46.2 Å². The highest BCUT2D eigenvalue weighted by atomic mass is 16.5. The number of rotatable bonds is 13. The van der Waals surface area contributed by atoms with E-state index in [9.17, 15) is 14.4 Å². The van der Waals surface area contributed by atoms with Crippen molar-refractivity contribution in [3.05, 3.63) is 12.2 Å². The fraction of sp³-hybridized carbons (Fsp3) is 0.667. The molecule has 0 radical (unpaired) electrons.